The molecule has 5 heteroatoms. The first kappa shape index (κ1) is 14.5. The van der Waals surface area contributed by atoms with E-state index in [-0.39, 0.29) is 5.91 Å². The Bertz CT molecular complexity index is 766. The Morgan fingerprint density at radius 3 is 2.87 bits per heavy atom. The maximum Gasteiger partial charge on any atom is 0.274 e. The number of aliphatic hydroxyl groups is 1. The van der Waals surface area contributed by atoms with E-state index in [1.54, 1.807) is 4.90 Å². The van der Waals surface area contributed by atoms with Gasteiger partial charge in [-0.2, -0.15) is 5.10 Å². The molecule has 2 heterocycles. The predicted molar refractivity (Wildman–Crippen MR) is 86.9 cm³/mol. The number of benzene rings is 1. The van der Waals surface area contributed by atoms with Crippen molar-refractivity contribution in [3.63, 3.8) is 0 Å². The van der Waals surface area contributed by atoms with Crippen molar-refractivity contribution in [3.8, 4) is 5.69 Å². The summed E-state index contributed by atoms with van der Waals surface area (Å²) in [5.74, 6) is -0.0352. The number of aliphatic hydroxyl groups excluding tert-OH is 1. The molecule has 5 nitrogen and oxygen atoms in total. The van der Waals surface area contributed by atoms with E-state index < -0.39 is 6.10 Å². The zero-order valence-corrected chi connectivity index (χ0v) is 13.3. The summed E-state index contributed by atoms with van der Waals surface area (Å²) in [6.07, 6.45) is 3.21. The van der Waals surface area contributed by atoms with Crippen LogP contribution in [0.15, 0.2) is 24.3 Å². The number of aromatic nitrogens is 2. The van der Waals surface area contributed by atoms with Crippen LogP contribution in [-0.4, -0.2) is 44.9 Å². The minimum atomic E-state index is -0.398. The molecule has 0 unspecified atom stereocenters. The normalized spacial score (nSPS) is 20.1. The lowest BCUT2D eigenvalue weighted by Gasteiger charge is -2.14. The number of amides is 1. The number of likely N-dealkylation sites (tertiary alicyclic amines) is 1. The molecule has 1 fully saturated rings. The molecular weight excluding hydrogens is 290 g/mol. The summed E-state index contributed by atoms with van der Waals surface area (Å²) in [7, 11) is 0. The van der Waals surface area contributed by atoms with Crippen LogP contribution >= 0.6 is 0 Å². The number of hydrogen-bond donors (Lipinski definition) is 1. The Morgan fingerprint density at radius 1 is 1.30 bits per heavy atom. The summed E-state index contributed by atoms with van der Waals surface area (Å²) < 4.78 is 1.96. The minimum Gasteiger partial charge on any atom is -0.391 e. The smallest absolute Gasteiger partial charge is 0.274 e. The summed E-state index contributed by atoms with van der Waals surface area (Å²) in [6, 6.07) is 8.13. The average Bonchev–Trinajstić information content (AvgIpc) is 3.23. The zero-order chi connectivity index (χ0) is 16.0. The van der Waals surface area contributed by atoms with Gasteiger partial charge in [0.2, 0.25) is 0 Å². The van der Waals surface area contributed by atoms with Crippen LogP contribution in [0.5, 0.6) is 0 Å². The van der Waals surface area contributed by atoms with Gasteiger partial charge in [0.15, 0.2) is 5.69 Å². The van der Waals surface area contributed by atoms with E-state index in [2.05, 4.69) is 24.2 Å². The van der Waals surface area contributed by atoms with E-state index in [4.69, 9.17) is 0 Å². The Morgan fingerprint density at radius 2 is 2.13 bits per heavy atom. The number of rotatable bonds is 2. The van der Waals surface area contributed by atoms with E-state index in [0.717, 1.165) is 36.1 Å². The van der Waals surface area contributed by atoms with Crippen molar-refractivity contribution in [2.45, 2.75) is 38.7 Å². The highest BCUT2D eigenvalue weighted by Gasteiger charge is 2.32. The lowest BCUT2D eigenvalue weighted by atomic mass is 10.1. The van der Waals surface area contributed by atoms with Gasteiger partial charge in [-0.3, -0.25) is 4.79 Å². The molecular formula is C18H21N3O2. The van der Waals surface area contributed by atoms with Crippen molar-refractivity contribution in [2.75, 3.05) is 13.1 Å². The second-order valence-corrected chi connectivity index (χ2v) is 6.52. The lowest BCUT2D eigenvalue weighted by Crippen LogP contribution is -2.30. The van der Waals surface area contributed by atoms with E-state index in [0.29, 0.717) is 25.2 Å². The van der Waals surface area contributed by atoms with Crippen LogP contribution in [0.25, 0.3) is 5.69 Å². The molecule has 1 saturated heterocycles. The zero-order valence-electron chi connectivity index (χ0n) is 13.3. The summed E-state index contributed by atoms with van der Waals surface area (Å²) in [5.41, 5.74) is 5.04. The third-order valence-corrected chi connectivity index (χ3v) is 4.93. The van der Waals surface area contributed by atoms with Gasteiger partial charge >= 0.3 is 0 Å². The molecule has 120 valence electrons. The summed E-state index contributed by atoms with van der Waals surface area (Å²) in [4.78, 5) is 14.6. The monoisotopic (exact) mass is 311 g/mol. The number of fused-ring (bicyclic) bond motifs is 1. The van der Waals surface area contributed by atoms with E-state index in [9.17, 15) is 9.90 Å². The fraction of sp³-hybridized carbons (Fsp3) is 0.444. The van der Waals surface area contributed by atoms with Crippen molar-refractivity contribution in [2.24, 2.45) is 0 Å². The molecule has 1 atom stereocenters. The first-order valence-electron chi connectivity index (χ1n) is 8.29. The van der Waals surface area contributed by atoms with Crippen LogP contribution in [0.4, 0.5) is 0 Å². The second-order valence-electron chi connectivity index (χ2n) is 6.52. The average molecular weight is 311 g/mol. The molecule has 0 spiro atoms. The highest BCUT2D eigenvalue weighted by Crippen LogP contribution is 2.30. The first-order valence-corrected chi connectivity index (χ1v) is 8.29. The summed E-state index contributed by atoms with van der Waals surface area (Å²) in [5, 5.41) is 14.4. The highest BCUT2D eigenvalue weighted by atomic mass is 16.3. The van der Waals surface area contributed by atoms with Crippen LogP contribution in [0.3, 0.4) is 0 Å². The van der Waals surface area contributed by atoms with Gasteiger partial charge < -0.3 is 10.0 Å². The Hall–Kier alpha value is -2.14. The predicted octanol–water partition coefficient (Wildman–Crippen LogP) is 1.88. The maximum atomic E-state index is 12.8. The van der Waals surface area contributed by atoms with Crippen LogP contribution in [0.1, 0.15) is 40.2 Å². The van der Waals surface area contributed by atoms with Crippen LogP contribution in [0.2, 0.25) is 0 Å². The quantitative estimate of drug-likeness (QED) is 0.921. The SMILES string of the molecule is Cc1ccccc1-n1nc(C(=O)N2CC[C@@H](O)C2)c2c1CCC2. The van der Waals surface area contributed by atoms with Gasteiger partial charge in [-0.1, -0.05) is 18.2 Å². The molecule has 0 saturated carbocycles. The van der Waals surface area contributed by atoms with Gasteiger partial charge in [0.1, 0.15) is 0 Å². The fourth-order valence-electron chi connectivity index (χ4n) is 3.69. The number of nitrogens with zero attached hydrogens (tertiary/aromatic N) is 3. The number of β-amino-alcohol motifs (C(OH)–C–C–N with tert-alkyl or cyclic N) is 1. The summed E-state index contributed by atoms with van der Waals surface area (Å²) >= 11 is 0. The second kappa shape index (κ2) is 5.49. The molecule has 23 heavy (non-hydrogen) atoms. The number of para-hydroxylation sites is 1. The molecule has 1 amide bonds. The Kier molecular flexibility index (Phi) is 3.45. The van der Waals surface area contributed by atoms with Crippen molar-refractivity contribution < 1.29 is 9.90 Å². The minimum absolute atomic E-state index is 0.0352. The number of carbonyl (C=O) groups is 1. The molecule has 0 radical (unpaired) electrons. The molecule has 1 N–H and O–H groups in total. The van der Waals surface area contributed by atoms with Crippen molar-refractivity contribution in [1.82, 2.24) is 14.7 Å². The summed E-state index contributed by atoms with van der Waals surface area (Å²) in [6.45, 7) is 3.10. The van der Waals surface area contributed by atoms with Crippen molar-refractivity contribution in [1.29, 1.82) is 0 Å². The van der Waals surface area contributed by atoms with Crippen molar-refractivity contribution in [3.05, 3.63) is 46.8 Å². The molecule has 0 bridgehead atoms. The van der Waals surface area contributed by atoms with Gasteiger partial charge in [-0.15, -0.1) is 0 Å². The molecule has 1 aromatic heterocycles. The lowest BCUT2D eigenvalue weighted by molar-refractivity contribution is 0.0757. The fourth-order valence-corrected chi connectivity index (χ4v) is 3.69. The Labute approximate surface area is 135 Å². The van der Waals surface area contributed by atoms with E-state index >= 15 is 0 Å². The molecule has 2 aromatic rings. The molecule has 1 aliphatic heterocycles. The molecule has 4 rings (SSSR count). The topological polar surface area (TPSA) is 58.4 Å². The highest BCUT2D eigenvalue weighted by molar-refractivity contribution is 5.94. The van der Waals surface area contributed by atoms with Gasteiger partial charge in [-0.25, -0.2) is 4.68 Å². The molecule has 1 aliphatic carbocycles. The van der Waals surface area contributed by atoms with Gasteiger partial charge in [0, 0.05) is 24.3 Å². The number of hydrogen-bond acceptors (Lipinski definition) is 3. The van der Waals surface area contributed by atoms with E-state index in [1.807, 2.05) is 16.8 Å². The number of carbonyl (C=O) groups excluding carboxylic acids is 1. The third kappa shape index (κ3) is 2.36. The largest absolute Gasteiger partial charge is 0.391 e. The van der Waals surface area contributed by atoms with Crippen molar-refractivity contribution >= 4 is 5.91 Å². The maximum absolute atomic E-state index is 12.8. The third-order valence-electron chi connectivity index (χ3n) is 4.93. The van der Waals surface area contributed by atoms with Crippen LogP contribution in [0, 0.1) is 6.92 Å². The van der Waals surface area contributed by atoms with Gasteiger partial charge in [-0.05, 0) is 44.2 Å². The van der Waals surface area contributed by atoms with Crippen LogP contribution < -0.4 is 0 Å². The van der Waals surface area contributed by atoms with Crippen LogP contribution in [-0.2, 0) is 12.8 Å². The number of aryl methyl sites for hydroxylation is 1. The van der Waals surface area contributed by atoms with Gasteiger partial charge in [0.05, 0.1) is 11.8 Å². The Balaban J connectivity index is 1.76. The molecule has 1 aromatic carbocycles. The van der Waals surface area contributed by atoms with E-state index in [1.165, 1.54) is 5.69 Å². The standard InChI is InChI=1S/C18H21N3O2/c1-12-5-2-3-7-15(12)21-16-8-4-6-14(16)17(19-21)18(23)20-10-9-13(22)11-20/h2-3,5,7,13,22H,4,6,8-11H2,1H3/t13-/m1/s1. The first-order chi connectivity index (χ1) is 11.1. The van der Waals surface area contributed by atoms with Gasteiger partial charge in [0.25, 0.3) is 5.91 Å². The molecule has 2 aliphatic rings.